The smallest absolute Gasteiger partial charge is 0.151 e. The number of hydrogen-bond donors (Lipinski definition) is 0. The van der Waals surface area contributed by atoms with Crippen molar-refractivity contribution in [2.75, 3.05) is 18.0 Å². The lowest BCUT2D eigenvalue weighted by Crippen LogP contribution is -2.33. The van der Waals surface area contributed by atoms with Crippen molar-refractivity contribution in [3.8, 4) is 0 Å². The molecular weight excluding hydrogens is 270 g/mol. The van der Waals surface area contributed by atoms with E-state index in [1.165, 1.54) is 11.1 Å². The van der Waals surface area contributed by atoms with Gasteiger partial charge in [0.1, 0.15) is 0 Å². The maximum Gasteiger partial charge on any atom is 0.151 e. The van der Waals surface area contributed by atoms with Gasteiger partial charge in [0.05, 0.1) is 0 Å². The highest BCUT2D eigenvalue weighted by molar-refractivity contribution is 6.29. The molecule has 2 aromatic rings. The average Bonchev–Trinajstić information content (AvgIpc) is 2.48. The first kappa shape index (κ1) is 13.4. The number of aromatic nitrogens is 2. The van der Waals surface area contributed by atoms with Crippen LogP contribution in [-0.2, 0) is 0 Å². The van der Waals surface area contributed by atoms with Gasteiger partial charge in [-0.25, -0.2) is 0 Å². The van der Waals surface area contributed by atoms with E-state index in [9.17, 15) is 0 Å². The number of benzene rings is 1. The summed E-state index contributed by atoms with van der Waals surface area (Å²) in [5, 5.41) is 8.52. The molecule has 0 aliphatic carbocycles. The van der Waals surface area contributed by atoms with Crippen molar-refractivity contribution >= 4 is 17.4 Å². The predicted octanol–water partition coefficient (Wildman–Crippen LogP) is 3.82. The lowest BCUT2D eigenvalue weighted by molar-refractivity contribution is 0.501. The SMILES string of the molecule is Cc1cccc(C2CCN(c3ccc(Cl)nn3)CC2)c1. The van der Waals surface area contributed by atoms with Crippen LogP contribution >= 0.6 is 11.6 Å². The van der Waals surface area contributed by atoms with Crippen molar-refractivity contribution in [2.45, 2.75) is 25.7 Å². The number of anilines is 1. The Morgan fingerprint density at radius 3 is 2.55 bits per heavy atom. The summed E-state index contributed by atoms with van der Waals surface area (Å²) in [5.41, 5.74) is 2.81. The Balaban J connectivity index is 1.66. The van der Waals surface area contributed by atoms with Crippen LogP contribution in [0.25, 0.3) is 0 Å². The fraction of sp³-hybridized carbons (Fsp3) is 0.375. The summed E-state index contributed by atoms with van der Waals surface area (Å²) >= 11 is 5.78. The van der Waals surface area contributed by atoms with E-state index in [4.69, 9.17) is 11.6 Å². The quantitative estimate of drug-likeness (QED) is 0.841. The van der Waals surface area contributed by atoms with E-state index >= 15 is 0 Å². The van der Waals surface area contributed by atoms with Gasteiger partial charge in [0.25, 0.3) is 0 Å². The zero-order valence-corrected chi connectivity index (χ0v) is 12.3. The highest BCUT2D eigenvalue weighted by Gasteiger charge is 2.21. The zero-order valence-electron chi connectivity index (χ0n) is 11.6. The Hall–Kier alpha value is -1.61. The third-order valence-corrected chi connectivity index (χ3v) is 4.15. The molecule has 20 heavy (non-hydrogen) atoms. The monoisotopic (exact) mass is 287 g/mol. The van der Waals surface area contributed by atoms with Gasteiger partial charge in [-0.1, -0.05) is 41.4 Å². The van der Waals surface area contributed by atoms with Crippen molar-refractivity contribution in [3.05, 3.63) is 52.7 Å². The largest absolute Gasteiger partial charge is 0.355 e. The summed E-state index contributed by atoms with van der Waals surface area (Å²) in [7, 11) is 0. The first-order valence-electron chi connectivity index (χ1n) is 7.03. The van der Waals surface area contributed by atoms with Crippen LogP contribution in [0.3, 0.4) is 0 Å². The number of halogens is 1. The van der Waals surface area contributed by atoms with Crippen LogP contribution in [0, 0.1) is 6.92 Å². The van der Waals surface area contributed by atoms with Gasteiger partial charge < -0.3 is 4.90 Å². The fourth-order valence-corrected chi connectivity index (χ4v) is 2.94. The molecule has 1 aliphatic rings. The second-order valence-corrected chi connectivity index (χ2v) is 5.78. The van der Waals surface area contributed by atoms with E-state index in [-0.39, 0.29) is 0 Å². The van der Waals surface area contributed by atoms with E-state index in [2.05, 4.69) is 46.3 Å². The molecule has 0 atom stereocenters. The third-order valence-electron chi connectivity index (χ3n) is 3.95. The van der Waals surface area contributed by atoms with Crippen LogP contribution in [0.15, 0.2) is 36.4 Å². The molecule has 1 saturated heterocycles. The van der Waals surface area contributed by atoms with Gasteiger partial charge in [-0.2, -0.15) is 0 Å². The molecule has 0 radical (unpaired) electrons. The fourth-order valence-electron chi connectivity index (χ4n) is 2.84. The summed E-state index contributed by atoms with van der Waals surface area (Å²) < 4.78 is 0. The summed E-state index contributed by atoms with van der Waals surface area (Å²) in [6, 6.07) is 12.6. The Morgan fingerprint density at radius 1 is 1.10 bits per heavy atom. The van der Waals surface area contributed by atoms with Crippen molar-refractivity contribution < 1.29 is 0 Å². The number of piperidine rings is 1. The minimum absolute atomic E-state index is 0.448. The molecule has 0 N–H and O–H groups in total. The second kappa shape index (κ2) is 5.80. The van der Waals surface area contributed by atoms with Crippen LogP contribution < -0.4 is 4.90 Å². The standard InChI is InChI=1S/C16H18ClN3/c1-12-3-2-4-14(11-12)13-7-9-20(10-8-13)16-6-5-15(17)18-19-16/h2-6,11,13H,7-10H2,1H3. The lowest BCUT2D eigenvalue weighted by atomic mass is 9.89. The van der Waals surface area contributed by atoms with E-state index < -0.39 is 0 Å². The molecule has 0 spiro atoms. The average molecular weight is 288 g/mol. The highest BCUT2D eigenvalue weighted by Crippen LogP contribution is 2.30. The van der Waals surface area contributed by atoms with Crippen LogP contribution in [0.5, 0.6) is 0 Å². The van der Waals surface area contributed by atoms with E-state index in [0.29, 0.717) is 11.1 Å². The Labute approximate surface area is 124 Å². The maximum absolute atomic E-state index is 5.78. The Kier molecular flexibility index (Phi) is 3.88. The Morgan fingerprint density at radius 2 is 1.90 bits per heavy atom. The van der Waals surface area contributed by atoms with Gasteiger partial charge in [0.15, 0.2) is 11.0 Å². The first-order valence-corrected chi connectivity index (χ1v) is 7.41. The molecule has 104 valence electrons. The summed E-state index contributed by atoms with van der Waals surface area (Å²) in [6.07, 6.45) is 2.32. The van der Waals surface area contributed by atoms with Crippen molar-refractivity contribution in [2.24, 2.45) is 0 Å². The minimum Gasteiger partial charge on any atom is -0.355 e. The molecule has 3 rings (SSSR count). The Bertz CT molecular complexity index is 575. The van der Waals surface area contributed by atoms with E-state index in [1.54, 1.807) is 6.07 Å². The molecule has 1 aliphatic heterocycles. The van der Waals surface area contributed by atoms with Crippen LogP contribution in [0.4, 0.5) is 5.82 Å². The van der Waals surface area contributed by atoms with Gasteiger partial charge in [-0.15, -0.1) is 10.2 Å². The van der Waals surface area contributed by atoms with Crippen molar-refractivity contribution in [3.63, 3.8) is 0 Å². The minimum atomic E-state index is 0.448. The van der Waals surface area contributed by atoms with E-state index in [1.807, 2.05) is 6.07 Å². The molecule has 0 unspecified atom stereocenters. The highest BCUT2D eigenvalue weighted by atomic mass is 35.5. The summed E-state index contributed by atoms with van der Waals surface area (Å²) in [5.74, 6) is 1.59. The van der Waals surface area contributed by atoms with Crippen LogP contribution in [-0.4, -0.2) is 23.3 Å². The molecule has 2 heterocycles. The van der Waals surface area contributed by atoms with Gasteiger partial charge in [-0.05, 0) is 43.4 Å². The second-order valence-electron chi connectivity index (χ2n) is 5.39. The van der Waals surface area contributed by atoms with Gasteiger partial charge in [-0.3, -0.25) is 0 Å². The molecule has 4 heteroatoms. The van der Waals surface area contributed by atoms with Gasteiger partial charge in [0, 0.05) is 13.1 Å². The molecular formula is C16H18ClN3. The number of rotatable bonds is 2. The maximum atomic E-state index is 5.78. The lowest BCUT2D eigenvalue weighted by Gasteiger charge is -2.32. The topological polar surface area (TPSA) is 29.0 Å². The van der Waals surface area contributed by atoms with Gasteiger partial charge >= 0.3 is 0 Å². The normalized spacial score (nSPS) is 16.4. The molecule has 1 aromatic carbocycles. The molecule has 0 saturated carbocycles. The predicted molar refractivity (Wildman–Crippen MR) is 82.4 cm³/mol. The van der Waals surface area contributed by atoms with Crippen molar-refractivity contribution in [1.29, 1.82) is 0 Å². The zero-order chi connectivity index (χ0) is 13.9. The summed E-state index contributed by atoms with van der Waals surface area (Å²) in [4.78, 5) is 2.29. The molecule has 0 amide bonds. The molecule has 1 aromatic heterocycles. The van der Waals surface area contributed by atoms with E-state index in [0.717, 1.165) is 31.7 Å². The van der Waals surface area contributed by atoms with Crippen LogP contribution in [0.2, 0.25) is 5.15 Å². The number of aryl methyl sites for hydroxylation is 1. The molecule has 0 bridgehead atoms. The first-order chi connectivity index (χ1) is 9.72. The van der Waals surface area contributed by atoms with Crippen LogP contribution in [0.1, 0.15) is 29.9 Å². The molecule has 3 nitrogen and oxygen atoms in total. The van der Waals surface area contributed by atoms with Crippen molar-refractivity contribution in [1.82, 2.24) is 10.2 Å². The number of hydrogen-bond acceptors (Lipinski definition) is 3. The molecule has 1 fully saturated rings. The number of nitrogens with zero attached hydrogens (tertiary/aromatic N) is 3. The van der Waals surface area contributed by atoms with Gasteiger partial charge in [0.2, 0.25) is 0 Å². The summed E-state index contributed by atoms with van der Waals surface area (Å²) in [6.45, 7) is 4.20. The third kappa shape index (κ3) is 2.93.